The van der Waals surface area contributed by atoms with Crippen LogP contribution < -0.4 is 0 Å². The first-order chi connectivity index (χ1) is 10.8. The lowest BCUT2D eigenvalue weighted by Gasteiger charge is -2.40. The van der Waals surface area contributed by atoms with Crippen molar-refractivity contribution >= 4 is 6.09 Å². The number of nitrogens with zero attached hydrogens (tertiary/aromatic N) is 4. The molecule has 1 aliphatic rings. The summed E-state index contributed by atoms with van der Waals surface area (Å²) >= 11 is 0. The van der Waals surface area contributed by atoms with Gasteiger partial charge in [-0.1, -0.05) is 0 Å². The van der Waals surface area contributed by atoms with Gasteiger partial charge in [0, 0.05) is 32.4 Å². The highest BCUT2D eigenvalue weighted by atomic mass is 19.3. The molecule has 1 aliphatic heterocycles. The van der Waals surface area contributed by atoms with Gasteiger partial charge in [0.2, 0.25) is 0 Å². The van der Waals surface area contributed by atoms with Gasteiger partial charge in [-0.25, -0.2) is 13.6 Å². The molecule has 0 spiro atoms. The molecule has 1 aromatic heterocycles. The minimum atomic E-state index is -2.56. The Morgan fingerprint density at radius 1 is 1.43 bits per heavy atom. The van der Waals surface area contributed by atoms with Crippen LogP contribution in [-0.4, -0.2) is 63.8 Å². The molecule has 0 radical (unpaired) electrons. The third-order valence-electron chi connectivity index (χ3n) is 3.47. The lowest BCUT2D eigenvalue weighted by molar-refractivity contribution is -0.0386. The van der Waals surface area contributed by atoms with Crippen LogP contribution in [0.1, 0.15) is 26.5 Å². The van der Waals surface area contributed by atoms with Crippen molar-refractivity contribution in [2.45, 2.75) is 45.4 Å². The summed E-state index contributed by atoms with van der Waals surface area (Å²) in [5, 5.41) is 7.68. The van der Waals surface area contributed by atoms with Crippen LogP contribution in [0.25, 0.3) is 0 Å². The molecule has 0 unspecified atom stereocenters. The Morgan fingerprint density at radius 3 is 2.74 bits per heavy atom. The lowest BCUT2D eigenvalue weighted by Crippen LogP contribution is -2.57. The molecule has 6 nitrogen and oxygen atoms in total. The molecule has 2 rings (SSSR count). The van der Waals surface area contributed by atoms with Gasteiger partial charge in [-0.05, 0) is 32.9 Å². The molecule has 0 saturated carbocycles. The minimum Gasteiger partial charge on any atom is -0.444 e. The largest absolute Gasteiger partial charge is 0.444 e. The van der Waals surface area contributed by atoms with E-state index >= 15 is 0 Å². The van der Waals surface area contributed by atoms with Gasteiger partial charge >= 0.3 is 6.09 Å². The zero-order valence-corrected chi connectivity index (χ0v) is 13.6. The third-order valence-corrected chi connectivity index (χ3v) is 3.47. The number of amides is 1. The summed E-state index contributed by atoms with van der Waals surface area (Å²) in [6.45, 7) is 6.15. The Bertz CT molecular complexity index is 522. The first-order valence-electron chi connectivity index (χ1n) is 7.53. The van der Waals surface area contributed by atoms with Crippen LogP contribution >= 0.6 is 0 Å². The van der Waals surface area contributed by atoms with E-state index in [1.165, 1.54) is 11.1 Å². The van der Waals surface area contributed by atoms with Crippen molar-refractivity contribution in [2.24, 2.45) is 0 Å². The highest BCUT2D eigenvalue weighted by Crippen LogP contribution is 2.20. The zero-order chi connectivity index (χ0) is 17.0. The predicted octanol–water partition coefficient (Wildman–Crippen LogP) is 2.16. The fourth-order valence-electron chi connectivity index (χ4n) is 2.40. The monoisotopic (exact) mass is 328 g/mol. The van der Waals surface area contributed by atoms with E-state index in [1.807, 2.05) is 0 Å². The van der Waals surface area contributed by atoms with Gasteiger partial charge in [-0.2, -0.15) is 10.2 Å². The molecular formula is C15H22F2N4O2. The highest BCUT2D eigenvalue weighted by Gasteiger charge is 2.36. The molecule has 23 heavy (non-hydrogen) atoms. The number of alkyl halides is 2. The van der Waals surface area contributed by atoms with Crippen molar-refractivity contribution in [3.8, 4) is 0 Å². The van der Waals surface area contributed by atoms with Crippen LogP contribution in [0.4, 0.5) is 13.6 Å². The normalized spacial score (nSPS) is 19.9. The summed E-state index contributed by atoms with van der Waals surface area (Å²) in [5.74, 6) is 0. The van der Waals surface area contributed by atoms with Crippen molar-refractivity contribution < 1.29 is 18.3 Å². The fourth-order valence-corrected chi connectivity index (χ4v) is 2.40. The van der Waals surface area contributed by atoms with E-state index < -0.39 is 24.2 Å². The summed E-state index contributed by atoms with van der Waals surface area (Å²) in [6.07, 6.45) is -1.58. The van der Waals surface area contributed by atoms with Gasteiger partial charge < -0.3 is 9.64 Å². The fraction of sp³-hybridized carbons (Fsp3) is 0.667. The molecule has 128 valence electrons. The van der Waals surface area contributed by atoms with Gasteiger partial charge in [0.25, 0.3) is 6.43 Å². The number of rotatable bonds is 3. The van der Waals surface area contributed by atoms with Crippen molar-refractivity contribution in [2.75, 3.05) is 19.6 Å². The van der Waals surface area contributed by atoms with Crippen LogP contribution in [0.3, 0.4) is 0 Å². The first kappa shape index (κ1) is 17.5. The Hall–Kier alpha value is -1.83. The van der Waals surface area contributed by atoms with E-state index in [-0.39, 0.29) is 13.1 Å². The lowest BCUT2D eigenvalue weighted by atomic mass is 10.1. The number of carbonyl (C=O) groups is 1. The maximum atomic E-state index is 13.4. The minimum absolute atomic E-state index is 0.0627. The Kier molecular flexibility index (Phi) is 5.46. The molecule has 1 aromatic rings. The average molecular weight is 328 g/mol. The smallest absolute Gasteiger partial charge is 0.410 e. The van der Waals surface area contributed by atoms with Crippen LogP contribution in [0.2, 0.25) is 0 Å². The second-order valence-corrected chi connectivity index (χ2v) is 6.51. The van der Waals surface area contributed by atoms with Gasteiger partial charge in [0.1, 0.15) is 5.60 Å². The number of aromatic nitrogens is 2. The van der Waals surface area contributed by atoms with Gasteiger partial charge in [0.05, 0.1) is 11.7 Å². The van der Waals surface area contributed by atoms with E-state index in [0.717, 1.165) is 0 Å². The second-order valence-electron chi connectivity index (χ2n) is 6.51. The molecule has 2 heterocycles. The number of carbonyl (C=O) groups excluding carboxylic acids is 1. The number of ether oxygens (including phenoxy) is 1. The Balaban J connectivity index is 2.02. The maximum Gasteiger partial charge on any atom is 0.410 e. The average Bonchev–Trinajstić information content (AvgIpc) is 2.46. The molecule has 1 fully saturated rings. The molecule has 0 bridgehead atoms. The zero-order valence-electron chi connectivity index (χ0n) is 13.6. The van der Waals surface area contributed by atoms with Crippen LogP contribution in [0.5, 0.6) is 0 Å². The number of hydrogen-bond acceptors (Lipinski definition) is 5. The SMILES string of the molecule is CC(C)(C)OC(=O)N1CCN(Cc2cccnn2)[C@@H](C(F)F)C1. The van der Waals surface area contributed by atoms with Crippen molar-refractivity contribution in [3.63, 3.8) is 0 Å². The molecule has 0 aromatic carbocycles. The molecular weight excluding hydrogens is 306 g/mol. The number of piperazine rings is 1. The third kappa shape index (κ3) is 5.09. The van der Waals surface area contributed by atoms with E-state index in [2.05, 4.69) is 10.2 Å². The van der Waals surface area contributed by atoms with Gasteiger partial charge in [0.15, 0.2) is 0 Å². The summed E-state index contributed by atoms with van der Waals surface area (Å²) in [5.41, 5.74) is -0.0161. The van der Waals surface area contributed by atoms with E-state index in [1.54, 1.807) is 37.8 Å². The number of hydrogen-bond donors (Lipinski definition) is 0. The van der Waals surface area contributed by atoms with E-state index in [4.69, 9.17) is 4.74 Å². The maximum absolute atomic E-state index is 13.4. The van der Waals surface area contributed by atoms with Crippen molar-refractivity contribution in [3.05, 3.63) is 24.0 Å². The molecule has 1 amide bonds. The molecule has 0 aliphatic carbocycles. The highest BCUT2D eigenvalue weighted by molar-refractivity contribution is 5.68. The van der Waals surface area contributed by atoms with Crippen LogP contribution in [-0.2, 0) is 11.3 Å². The number of halogens is 2. The second kappa shape index (κ2) is 7.16. The summed E-state index contributed by atoms with van der Waals surface area (Å²) in [7, 11) is 0. The summed E-state index contributed by atoms with van der Waals surface area (Å²) in [4.78, 5) is 15.0. The molecule has 0 N–H and O–H groups in total. The standard InChI is InChI=1S/C15H22F2N4O2/c1-15(2,3)23-14(22)21-8-7-20(12(10-21)13(16)17)9-11-5-4-6-18-19-11/h4-6,12-13H,7-10H2,1-3H3/t12-/m1/s1. The Labute approximate surface area is 134 Å². The first-order valence-corrected chi connectivity index (χ1v) is 7.53. The molecule has 8 heteroatoms. The Morgan fingerprint density at radius 2 is 2.17 bits per heavy atom. The van der Waals surface area contributed by atoms with Gasteiger partial charge in [-0.3, -0.25) is 4.90 Å². The van der Waals surface area contributed by atoms with Crippen molar-refractivity contribution in [1.82, 2.24) is 20.0 Å². The van der Waals surface area contributed by atoms with Gasteiger partial charge in [-0.15, -0.1) is 0 Å². The summed E-state index contributed by atoms with van der Waals surface area (Å²) < 4.78 is 32.0. The summed E-state index contributed by atoms with van der Waals surface area (Å²) in [6, 6.07) is 2.42. The quantitative estimate of drug-likeness (QED) is 0.851. The van der Waals surface area contributed by atoms with E-state index in [9.17, 15) is 13.6 Å². The topological polar surface area (TPSA) is 58.6 Å². The van der Waals surface area contributed by atoms with Crippen molar-refractivity contribution in [1.29, 1.82) is 0 Å². The molecule has 1 saturated heterocycles. The predicted molar refractivity (Wildman–Crippen MR) is 80.0 cm³/mol. The van der Waals surface area contributed by atoms with Crippen LogP contribution in [0, 0.1) is 0 Å². The van der Waals surface area contributed by atoms with Crippen LogP contribution in [0.15, 0.2) is 18.3 Å². The van der Waals surface area contributed by atoms with E-state index in [0.29, 0.717) is 18.8 Å². The molecule has 1 atom stereocenters.